The number of rotatable bonds is 4. The summed E-state index contributed by atoms with van der Waals surface area (Å²) in [5, 5.41) is 8.96. The van der Waals surface area contributed by atoms with E-state index in [1.165, 1.54) is 19.4 Å². The molecular formula is C10H11NO4. The lowest BCUT2D eigenvalue weighted by molar-refractivity contribution is 0.0691. The maximum Gasteiger partial charge on any atom is 0.339 e. The standard InChI is InChI=1S/C10H11NO4/c1-14-9-4-7(10(12)13)8(5-11-9)15-6-2-3-6/h4-6H,2-3H2,1H3,(H,12,13). The summed E-state index contributed by atoms with van der Waals surface area (Å²) in [5.41, 5.74) is 0.0914. The lowest BCUT2D eigenvalue weighted by Gasteiger charge is -2.08. The fourth-order valence-corrected chi connectivity index (χ4v) is 1.16. The van der Waals surface area contributed by atoms with Gasteiger partial charge >= 0.3 is 5.97 Å². The fraction of sp³-hybridized carbons (Fsp3) is 0.400. The van der Waals surface area contributed by atoms with Gasteiger partial charge in [0.15, 0.2) is 5.75 Å². The second kappa shape index (κ2) is 3.76. The highest BCUT2D eigenvalue weighted by Crippen LogP contribution is 2.29. The lowest BCUT2D eigenvalue weighted by Crippen LogP contribution is -2.05. The fourth-order valence-electron chi connectivity index (χ4n) is 1.16. The van der Waals surface area contributed by atoms with E-state index in [-0.39, 0.29) is 17.5 Å². The smallest absolute Gasteiger partial charge is 0.339 e. The number of aromatic nitrogens is 1. The third-order valence-electron chi connectivity index (χ3n) is 2.10. The summed E-state index contributed by atoms with van der Waals surface area (Å²) in [6, 6.07) is 1.36. The molecule has 0 atom stereocenters. The van der Waals surface area contributed by atoms with Crippen molar-refractivity contribution in [1.29, 1.82) is 0 Å². The maximum atomic E-state index is 10.9. The molecule has 1 aliphatic rings. The SMILES string of the molecule is COc1cc(C(=O)O)c(OC2CC2)cn1. The van der Waals surface area contributed by atoms with Crippen molar-refractivity contribution >= 4 is 5.97 Å². The van der Waals surface area contributed by atoms with Crippen molar-refractivity contribution in [2.45, 2.75) is 18.9 Å². The summed E-state index contributed by atoms with van der Waals surface area (Å²) in [6.45, 7) is 0. The van der Waals surface area contributed by atoms with E-state index in [0.717, 1.165) is 12.8 Å². The van der Waals surface area contributed by atoms with Crippen LogP contribution in [0.3, 0.4) is 0 Å². The number of hydrogen-bond donors (Lipinski definition) is 1. The number of ether oxygens (including phenoxy) is 2. The molecular weight excluding hydrogens is 198 g/mol. The minimum atomic E-state index is -1.04. The predicted octanol–water partition coefficient (Wildman–Crippen LogP) is 1.33. The van der Waals surface area contributed by atoms with Crippen LogP contribution in [0.5, 0.6) is 11.6 Å². The van der Waals surface area contributed by atoms with Gasteiger partial charge < -0.3 is 14.6 Å². The van der Waals surface area contributed by atoms with E-state index >= 15 is 0 Å². The van der Waals surface area contributed by atoms with Gasteiger partial charge in [-0.05, 0) is 12.8 Å². The van der Waals surface area contributed by atoms with Crippen LogP contribution < -0.4 is 9.47 Å². The molecule has 1 saturated carbocycles. The van der Waals surface area contributed by atoms with Gasteiger partial charge in [-0.2, -0.15) is 0 Å². The van der Waals surface area contributed by atoms with E-state index in [2.05, 4.69) is 4.98 Å². The Bertz CT molecular complexity index is 387. The van der Waals surface area contributed by atoms with Gasteiger partial charge in [-0.15, -0.1) is 0 Å². The van der Waals surface area contributed by atoms with Crippen molar-refractivity contribution in [3.8, 4) is 11.6 Å². The number of nitrogens with zero attached hydrogens (tertiary/aromatic N) is 1. The minimum Gasteiger partial charge on any atom is -0.488 e. The number of carboxylic acid groups (broad SMARTS) is 1. The quantitative estimate of drug-likeness (QED) is 0.810. The van der Waals surface area contributed by atoms with E-state index in [0.29, 0.717) is 5.75 Å². The summed E-state index contributed by atoms with van der Waals surface area (Å²) in [7, 11) is 1.44. The van der Waals surface area contributed by atoms with E-state index < -0.39 is 5.97 Å². The van der Waals surface area contributed by atoms with E-state index in [1.807, 2.05) is 0 Å². The molecule has 0 aliphatic heterocycles. The first kappa shape index (κ1) is 9.76. The van der Waals surface area contributed by atoms with Gasteiger partial charge in [-0.25, -0.2) is 9.78 Å². The highest BCUT2D eigenvalue weighted by atomic mass is 16.5. The zero-order valence-electron chi connectivity index (χ0n) is 8.27. The Morgan fingerprint density at radius 2 is 2.33 bits per heavy atom. The van der Waals surface area contributed by atoms with Crippen molar-refractivity contribution in [2.24, 2.45) is 0 Å². The van der Waals surface area contributed by atoms with Crippen LogP contribution in [0, 0.1) is 0 Å². The first-order chi connectivity index (χ1) is 7.20. The molecule has 80 valence electrons. The summed E-state index contributed by atoms with van der Waals surface area (Å²) < 4.78 is 10.3. The van der Waals surface area contributed by atoms with Gasteiger partial charge in [0.1, 0.15) is 5.56 Å². The van der Waals surface area contributed by atoms with E-state index in [1.54, 1.807) is 0 Å². The first-order valence-corrected chi connectivity index (χ1v) is 4.64. The highest BCUT2D eigenvalue weighted by Gasteiger charge is 2.26. The zero-order chi connectivity index (χ0) is 10.8. The van der Waals surface area contributed by atoms with Crippen molar-refractivity contribution in [3.63, 3.8) is 0 Å². The van der Waals surface area contributed by atoms with Gasteiger partial charge in [0.05, 0.1) is 19.4 Å². The van der Waals surface area contributed by atoms with Crippen LogP contribution in [0.25, 0.3) is 0 Å². The van der Waals surface area contributed by atoms with Crippen LogP contribution in [-0.2, 0) is 0 Å². The van der Waals surface area contributed by atoms with Crippen LogP contribution in [0.2, 0.25) is 0 Å². The average Bonchev–Trinajstić information content (AvgIpc) is 3.02. The Morgan fingerprint density at radius 1 is 1.60 bits per heavy atom. The molecule has 0 aromatic carbocycles. The molecule has 0 radical (unpaired) electrons. The first-order valence-electron chi connectivity index (χ1n) is 4.64. The molecule has 5 heteroatoms. The van der Waals surface area contributed by atoms with E-state index in [9.17, 15) is 4.79 Å². The molecule has 5 nitrogen and oxygen atoms in total. The summed E-state index contributed by atoms with van der Waals surface area (Å²) in [5.74, 6) is -0.451. The molecule has 1 fully saturated rings. The van der Waals surface area contributed by atoms with Gasteiger partial charge in [-0.1, -0.05) is 0 Å². The lowest BCUT2D eigenvalue weighted by atomic mass is 10.2. The van der Waals surface area contributed by atoms with Gasteiger partial charge in [0, 0.05) is 6.07 Å². The Labute approximate surface area is 86.7 Å². The van der Waals surface area contributed by atoms with Crippen LogP contribution in [0.4, 0.5) is 0 Å². The van der Waals surface area contributed by atoms with Crippen molar-refractivity contribution < 1.29 is 19.4 Å². The van der Waals surface area contributed by atoms with Crippen molar-refractivity contribution in [2.75, 3.05) is 7.11 Å². The van der Waals surface area contributed by atoms with Gasteiger partial charge in [0.2, 0.25) is 5.88 Å². The molecule has 1 aliphatic carbocycles. The average molecular weight is 209 g/mol. The molecule has 0 saturated heterocycles. The number of aromatic carboxylic acids is 1. The molecule has 1 aromatic heterocycles. The Hall–Kier alpha value is -1.78. The van der Waals surface area contributed by atoms with Crippen molar-refractivity contribution in [1.82, 2.24) is 4.98 Å². The largest absolute Gasteiger partial charge is 0.488 e. The molecule has 1 N–H and O–H groups in total. The second-order valence-electron chi connectivity index (χ2n) is 3.35. The molecule has 1 heterocycles. The molecule has 0 amide bonds. The van der Waals surface area contributed by atoms with Gasteiger partial charge in [-0.3, -0.25) is 0 Å². The zero-order valence-corrected chi connectivity index (χ0v) is 8.27. The molecule has 1 aromatic rings. The maximum absolute atomic E-state index is 10.9. The molecule has 2 rings (SSSR count). The monoisotopic (exact) mass is 209 g/mol. The van der Waals surface area contributed by atoms with E-state index in [4.69, 9.17) is 14.6 Å². The van der Waals surface area contributed by atoms with Crippen LogP contribution in [0.15, 0.2) is 12.3 Å². The number of carboxylic acids is 1. The number of hydrogen-bond acceptors (Lipinski definition) is 4. The van der Waals surface area contributed by atoms with Gasteiger partial charge in [0.25, 0.3) is 0 Å². The summed E-state index contributed by atoms with van der Waals surface area (Å²) in [4.78, 5) is 14.8. The van der Waals surface area contributed by atoms with Crippen LogP contribution >= 0.6 is 0 Å². The molecule has 0 spiro atoms. The van der Waals surface area contributed by atoms with Crippen LogP contribution in [-0.4, -0.2) is 29.3 Å². The number of methoxy groups -OCH3 is 1. The molecule has 0 unspecified atom stereocenters. The third-order valence-corrected chi connectivity index (χ3v) is 2.10. The molecule has 15 heavy (non-hydrogen) atoms. The Balaban J connectivity index is 2.29. The number of pyridine rings is 1. The molecule has 0 bridgehead atoms. The topological polar surface area (TPSA) is 68.7 Å². The normalized spacial score (nSPS) is 14.7. The van der Waals surface area contributed by atoms with Crippen molar-refractivity contribution in [3.05, 3.63) is 17.8 Å². The summed E-state index contributed by atoms with van der Waals surface area (Å²) in [6.07, 6.45) is 3.50. The Morgan fingerprint density at radius 3 is 2.87 bits per heavy atom. The van der Waals surface area contributed by atoms with Crippen LogP contribution in [0.1, 0.15) is 23.2 Å². The Kier molecular flexibility index (Phi) is 2.45. The second-order valence-corrected chi connectivity index (χ2v) is 3.35. The summed E-state index contributed by atoms with van der Waals surface area (Å²) >= 11 is 0. The third kappa shape index (κ3) is 2.18. The number of carbonyl (C=O) groups is 1. The highest BCUT2D eigenvalue weighted by molar-refractivity contribution is 5.91. The predicted molar refractivity (Wildman–Crippen MR) is 51.4 cm³/mol. The minimum absolute atomic E-state index is 0.0914.